The van der Waals surface area contributed by atoms with Crippen LogP contribution in [-0.2, 0) is 11.3 Å². The standard InChI is InChI=1S/C21H17ClN2O4S/c1-26-17-6-4-3-5-13(17)11-28-18-10-19(29-20(18)21(25)27-2)24-12-23-15-8-7-14(22)9-16(15)24/h3-10,12H,11H2,1-2H3. The number of ether oxygens (including phenoxy) is 3. The molecule has 0 aliphatic carbocycles. The third-order valence-corrected chi connectivity index (χ3v) is 5.71. The summed E-state index contributed by atoms with van der Waals surface area (Å²) in [6.07, 6.45) is 1.69. The molecule has 0 fully saturated rings. The van der Waals surface area contributed by atoms with Gasteiger partial charge in [-0.05, 0) is 24.3 Å². The molecule has 0 unspecified atom stereocenters. The van der Waals surface area contributed by atoms with Gasteiger partial charge in [-0.2, -0.15) is 0 Å². The van der Waals surface area contributed by atoms with Crippen molar-refractivity contribution in [2.24, 2.45) is 0 Å². The van der Waals surface area contributed by atoms with Crippen LogP contribution in [0.5, 0.6) is 11.5 Å². The van der Waals surface area contributed by atoms with E-state index in [1.165, 1.54) is 18.4 Å². The van der Waals surface area contributed by atoms with Gasteiger partial charge in [0, 0.05) is 16.7 Å². The fourth-order valence-electron chi connectivity index (χ4n) is 2.96. The van der Waals surface area contributed by atoms with Crippen LogP contribution in [0.4, 0.5) is 0 Å². The molecule has 8 heteroatoms. The normalized spacial score (nSPS) is 10.9. The average molecular weight is 429 g/mol. The summed E-state index contributed by atoms with van der Waals surface area (Å²) in [5, 5.41) is 1.38. The molecule has 0 aliphatic rings. The van der Waals surface area contributed by atoms with Gasteiger partial charge < -0.3 is 14.2 Å². The molecule has 2 heterocycles. The van der Waals surface area contributed by atoms with E-state index in [0.29, 0.717) is 15.6 Å². The van der Waals surface area contributed by atoms with Gasteiger partial charge >= 0.3 is 5.97 Å². The lowest BCUT2D eigenvalue weighted by molar-refractivity contribution is 0.0601. The van der Waals surface area contributed by atoms with E-state index in [-0.39, 0.29) is 6.61 Å². The van der Waals surface area contributed by atoms with Crippen molar-refractivity contribution < 1.29 is 19.0 Å². The number of fused-ring (bicyclic) bond motifs is 1. The number of nitrogens with zero attached hydrogens (tertiary/aromatic N) is 2. The van der Waals surface area contributed by atoms with Gasteiger partial charge in [0.2, 0.25) is 0 Å². The predicted molar refractivity (Wildman–Crippen MR) is 113 cm³/mol. The largest absolute Gasteiger partial charge is 0.496 e. The van der Waals surface area contributed by atoms with E-state index in [9.17, 15) is 4.79 Å². The number of thiophene rings is 1. The molecule has 2 aromatic heterocycles. The Hall–Kier alpha value is -3.03. The molecule has 4 rings (SSSR count). The zero-order chi connectivity index (χ0) is 20.4. The number of benzene rings is 2. The van der Waals surface area contributed by atoms with Crippen molar-refractivity contribution in [2.75, 3.05) is 14.2 Å². The van der Waals surface area contributed by atoms with Crippen LogP contribution in [0.25, 0.3) is 16.0 Å². The van der Waals surface area contributed by atoms with Crippen LogP contribution >= 0.6 is 22.9 Å². The van der Waals surface area contributed by atoms with E-state index in [4.69, 9.17) is 25.8 Å². The van der Waals surface area contributed by atoms with Gasteiger partial charge in [-0.25, -0.2) is 9.78 Å². The van der Waals surface area contributed by atoms with Crippen LogP contribution in [0.15, 0.2) is 54.9 Å². The number of methoxy groups -OCH3 is 2. The number of carbonyl (C=O) groups excluding carboxylic acids is 1. The summed E-state index contributed by atoms with van der Waals surface area (Å²) in [4.78, 5) is 17.1. The van der Waals surface area contributed by atoms with E-state index in [1.54, 1.807) is 25.6 Å². The second kappa shape index (κ2) is 8.14. The smallest absolute Gasteiger partial charge is 0.351 e. The van der Waals surface area contributed by atoms with Gasteiger partial charge in [-0.1, -0.05) is 29.8 Å². The summed E-state index contributed by atoms with van der Waals surface area (Å²) in [6.45, 7) is 0.251. The van der Waals surface area contributed by atoms with Gasteiger partial charge in [0.05, 0.1) is 25.3 Å². The first-order valence-corrected chi connectivity index (χ1v) is 9.90. The van der Waals surface area contributed by atoms with E-state index in [2.05, 4.69) is 4.98 Å². The Morgan fingerprint density at radius 2 is 1.97 bits per heavy atom. The topological polar surface area (TPSA) is 62.6 Å². The highest BCUT2D eigenvalue weighted by Crippen LogP contribution is 2.35. The zero-order valence-corrected chi connectivity index (χ0v) is 17.3. The number of hydrogen-bond donors (Lipinski definition) is 0. The van der Waals surface area contributed by atoms with Crippen LogP contribution in [0.1, 0.15) is 15.2 Å². The van der Waals surface area contributed by atoms with Crippen molar-refractivity contribution in [3.8, 4) is 16.5 Å². The number of hydrogen-bond acceptors (Lipinski definition) is 6. The molecule has 148 valence electrons. The maximum Gasteiger partial charge on any atom is 0.351 e. The minimum atomic E-state index is -0.460. The number of esters is 1. The van der Waals surface area contributed by atoms with E-state index >= 15 is 0 Å². The molecular weight excluding hydrogens is 412 g/mol. The Morgan fingerprint density at radius 3 is 2.76 bits per heavy atom. The van der Waals surface area contributed by atoms with Crippen molar-refractivity contribution in [3.63, 3.8) is 0 Å². The lowest BCUT2D eigenvalue weighted by atomic mass is 10.2. The summed E-state index contributed by atoms with van der Waals surface area (Å²) >= 11 is 7.41. The molecule has 0 saturated carbocycles. The van der Waals surface area contributed by atoms with Crippen LogP contribution < -0.4 is 9.47 Å². The van der Waals surface area contributed by atoms with Crippen LogP contribution in [-0.4, -0.2) is 29.7 Å². The molecule has 6 nitrogen and oxygen atoms in total. The monoisotopic (exact) mass is 428 g/mol. The highest BCUT2D eigenvalue weighted by molar-refractivity contribution is 7.16. The summed E-state index contributed by atoms with van der Waals surface area (Å²) in [6, 6.07) is 14.8. The van der Waals surface area contributed by atoms with Crippen molar-refractivity contribution >= 4 is 39.9 Å². The molecule has 0 spiro atoms. The maximum absolute atomic E-state index is 12.3. The minimum Gasteiger partial charge on any atom is -0.496 e. The summed E-state index contributed by atoms with van der Waals surface area (Å²) in [5.74, 6) is 0.697. The number of para-hydroxylation sites is 1. The van der Waals surface area contributed by atoms with Gasteiger partial charge in [0.25, 0.3) is 0 Å². The Labute approximate surface area is 176 Å². The Bertz CT molecular complexity index is 1180. The second-order valence-electron chi connectivity index (χ2n) is 6.12. The highest BCUT2D eigenvalue weighted by Gasteiger charge is 2.21. The molecule has 0 aliphatic heterocycles. The zero-order valence-electron chi connectivity index (χ0n) is 15.7. The number of halogens is 1. The van der Waals surface area contributed by atoms with Crippen molar-refractivity contribution in [2.45, 2.75) is 6.61 Å². The molecule has 0 N–H and O–H groups in total. The van der Waals surface area contributed by atoms with Gasteiger partial charge in [-0.3, -0.25) is 4.57 Å². The maximum atomic E-state index is 12.3. The molecular formula is C21H17ClN2O4S. The first kappa shape index (κ1) is 19.3. The molecule has 4 aromatic rings. The Kier molecular flexibility index (Phi) is 5.42. The van der Waals surface area contributed by atoms with E-state index in [1.807, 2.05) is 41.0 Å². The minimum absolute atomic E-state index is 0.251. The van der Waals surface area contributed by atoms with Gasteiger partial charge in [-0.15, -0.1) is 11.3 Å². The van der Waals surface area contributed by atoms with Crippen molar-refractivity contribution in [1.82, 2.24) is 9.55 Å². The Morgan fingerprint density at radius 1 is 1.14 bits per heavy atom. The van der Waals surface area contributed by atoms with Gasteiger partial charge in [0.15, 0.2) is 4.88 Å². The highest BCUT2D eigenvalue weighted by atomic mass is 35.5. The lowest BCUT2D eigenvalue weighted by Gasteiger charge is -2.09. The predicted octanol–water partition coefficient (Wildman–Crippen LogP) is 5.11. The fraction of sp³-hybridized carbons (Fsp3) is 0.143. The van der Waals surface area contributed by atoms with E-state index < -0.39 is 5.97 Å². The molecule has 0 saturated heterocycles. The van der Waals surface area contributed by atoms with Crippen molar-refractivity contribution in [1.29, 1.82) is 0 Å². The first-order chi connectivity index (χ1) is 14.1. The number of aromatic nitrogens is 2. The quantitative estimate of drug-likeness (QED) is 0.399. The molecule has 0 atom stereocenters. The molecule has 2 aromatic carbocycles. The van der Waals surface area contributed by atoms with Crippen LogP contribution in [0.2, 0.25) is 5.02 Å². The third kappa shape index (κ3) is 3.79. The molecule has 0 bridgehead atoms. The van der Waals surface area contributed by atoms with Crippen molar-refractivity contribution in [3.05, 3.63) is 70.3 Å². The van der Waals surface area contributed by atoms with Gasteiger partial charge in [0.1, 0.15) is 29.4 Å². The summed E-state index contributed by atoms with van der Waals surface area (Å²) < 4.78 is 18.1. The number of imidazole rings is 1. The third-order valence-electron chi connectivity index (χ3n) is 4.38. The number of carbonyl (C=O) groups is 1. The fourth-order valence-corrected chi connectivity index (χ4v) is 4.13. The SMILES string of the molecule is COC(=O)c1sc(-n2cnc3ccc(Cl)cc32)cc1OCc1ccccc1OC. The molecule has 0 amide bonds. The Balaban J connectivity index is 1.71. The first-order valence-electron chi connectivity index (χ1n) is 8.70. The second-order valence-corrected chi connectivity index (χ2v) is 7.58. The number of rotatable bonds is 6. The summed E-state index contributed by atoms with van der Waals surface area (Å²) in [5.41, 5.74) is 2.52. The summed E-state index contributed by atoms with van der Waals surface area (Å²) in [7, 11) is 2.95. The average Bonchev–Trinajstić information content (AvgIpc) is 3.35. The molecule has 29 heavy (non-hydrogen) atoms. The molecule has 0 radical (unpaired) electrons. The van der Waals surface area contributed by atoms with Crippen LogP contribution in [0, 0.1) is 0 Å². The van der Waals surface area contributed by atoms with E-state index in [0.717, 1.165) is 27.3 Å². The van der Waals surface area contributed by atoms with Crippen LogP contribution in [0.3, 0.4) is 0 Å². The lowest BCUT2D eigenvalue weighted by Crippen LogP contribution is -2.03.